The van der Waals surface area contributed by atoms with E-state index in [1.54, 1.807) is 98.1 Å². The quantitative estimate of drug-likeness (QED) is 0.119. The molecule has 0 spiro atoms. The van der Waals surface area contributed by atoms with Crippen LogP contribution in [0.2, 0.25) is 10.0 Å². The van der Waals surface area contributed by atoms with Gasteiger partial charge >= 0.3 is 0 Å². The van der Waals surface area contributed by atoms with Crippen molar-refractivity contribution in [2.75, 3.05) is 30.6 Å². The lowest BCUT2D eigenvalue weighted by atomic mass is 10.1. The lowest BCUT2D eigenvalue weighted by Crippen LogP contribution is -2.30. The molecule has 4 aromatic rings. The molecule has 0 saturated carbocycles. The van der Waals surface area contributed by atoms with Gasteiger partial charge in [0.2, 0.25) is 5.91 Å². The number of thioether (sulfide) groups is 1. The molecular weight excluding hydrogens is 609 g/mol. The Kier molecular flexibility index (Phi) is 11.1. The SMILES string of the molecule is COc1ccc(NC(=O)CSc2ccc(NC(=O)/C(=C/c3cccc(Cl)c3Cl)NC(=O)c3ccccc3)cc2)c(OC)c1. The summed E-state index contributed by atoms with van der Waals surface area (Å²) >= 11 is 13.8. The normalized spacial score (nSPS) is 10.9. The minimum atomic E-state index is -0.562. The Hall–Kier alpha value is -4.44. The van der Waals surface area contributed by atoms with Gasteiger partial charge in [0.15, 0.2) is 0 Å². The molecule has 4 rings (SSSR count). The molecule has 0 unspecified atom stereocenters. The van der Waals surface area contributed by atoms with Gasteiger partial charge < -0.3 is 25.4 Å². The van der Waals surface area contributed by atoms with Crippen molar-refractivity contribution in [3.05, 3.63) is 118 Å². The van der Waals surface area contributed by atoms with Gasteiger partial charge in [-0.1, -0.05) is 53.5 Å². The zero-order valence-electron chi connectivity index (χ0n) is 23.2. The third kappa shape index (κ3) is 8.78. The summed E-state index contributed by atoms with van der Waals surface area (Å²) in [5.41, 5.74) is 1.84. The summed E-state index contributed by atoms with van der Waals surface area (Å²) in [4.78, 5) is 39.5. The van der Waals surface area contributed by atoms with Crippen molar-refractivity contribution in [1.29, 1.82) is 0 Å². The topological polar surface area (TPSA) is 106 Å². The van der Waals surface area contributed by atoms with Crippen LogP contribution in [0.25, 0.3) is 6.08 Å². The molecule has 8 nitrogen and oxygen atoms in total. The van der Waals surface area contributed by atoms with E-state index in [0.717, 1.165) is 4.90 Å². The van der Waals surface area contributed by atoms with Crippen LogP contribution in [0, 0.1) is 0 Å². The number of anilines is 2. The summed E-state index contributed by atoms with van der Waals surface area (Å²) in [5, 5.41) is 8.86. The number of methoxy groups -OCH3 is 2. The third-order valence-corrected chi connectivity index (χ3v) is 7.82. The lowest BCUT2D eigenvalue weighted by Gasteiger charge is -2.13. The zero-order valence-corrected chi connectivity index (χ0v) is 25.5. The molecule has 3 amide bonds. The van der Waals surface area contributed by atoms with Crippen LogP contribution in [0.5, 0.6) is 11.5 Å². The van der Waals surface area contributed by atoms with E-state index in [2.05, 4.69) is 16.0 Å². The molecule has 0 aliphatic carbocycles. The van der Waals surface area contributed by atoms with Crippen LogP contribution in [-0.2, 0) is 9.59 Å². The molecule has 11 heteroatoms. The second-order valence-corrected chi connectivity index (χ2v) is 10.7. The Bertz CT molecular complexity index is 1650. The van der Waals surface area contributed by atoms with Crippen molar-refractivity contribution in [3.63, 3.8) is 0 Å². The fourth-order valence-electron chi connectivity index (χ4n) is 3.80. The summed E-state index contributed by atoms with van der Waals surface area (Å²) in [7, 11) is 3.07. The first-order chi connectivity index (χ1) is 20.8. The fourth-order valence-corrected chi connectivity index (χ4v) is 4.86. The molecule has 43 heavy (non-hydrogen) atoms. The summed E-state index contributed by atoms with van der Waals surface area (Å²) in [6.07, 6.45) is 1.46. The molecule has 3 N–H and O–H groups in total. The molecule has 0 atom stereocenters. The van der Waals surface area contributed by atoms with E-state index in [9.17, 15) is 14.4 Å². The van der Waals surface area contributed by atoms with Crippen LogP contribution in [0.15, 0.2) is 102 Å². The van der Waals surface area contributed by atoms with Crippen molar-refractivity contribution in [2.45, 2.75) is 4.90 Å². The second kappa shape index (κ2) is 15.2. The van der Waals surface area contributed by atoms with Crippen LogP contribution in [0.3, 0.4) is 0 Å². The van der Waals surface area contributed by atoms with E-state index in [-0.39, 0.29) is 22.4 Å². The Morgan fingerprint density at radius 1 is 0.837 bits per heavy atom. The van der Waals surface area contributed by atoms with Crippen molar-refractivity contribution in [1.82, 2.24) is 5.32 Å². The number of nitrogens with one attached hydrogen (secondary N) is 3. The van der Waals surface area contributed by atoms with Crippen LogP contribution in [0.4, 0.5) is 11.4 Å². The molecule has 0 saturated heterocycles. The number of amides is 3. The van der Waals surface area contributed by atoms with E-state index in [4.69, 9.17) is 32.7 Å². The molecule has 0 aliphatic rings. The molecule has 220 valence electrons. The number of halogens is 2. The van der Waals surface area contributed by atoms with Crippen LogP contribution >= 0.6 is 35.0 Å². The largest absolute Gasteiger partial charge is 0.497 e. The third-order valence-electron chi connectivity index (χ3n) is 5.98. The average Bonchev–Trinajstić information content (AvgIpc) is 3.03. The predicted octanol–water partition coefficient (Wildman–Crippen LogP) is 7.15. The van der Waals surface area contributed by atoms with Crippen molar-refractivity contribution >= 4 is 70.1 Å². The Balaban J connectivity index is 1.42. The number of hydrogen-bond donors (Lipinski definition) is 3. The van der Waals surface area contributed by atoms with Gasteiger partial charge in [0.05, 0.1) is 35.7 Å². The Morgan fingerprint density at radius 2 is 1.58 bits per heavy atom. The van der Waals surface area contributed by atoms with Gasteiger partial charge in [-0.05, 0) is 66.2 Å². The van der Waals surface area contributed by atoms with Gasteiger partial charge in [0.1, 0.15) is 17.2 Å². The maximum absolute atomic E-state index is 13.3. The number of rotatable bonds is 11. The highest BCUT2D eigenvalue weighted by Gasteiger charge is 2.17. The first-order valence-electron chi connectivity index (χ1n) is 12.9. The van der Waals surface area contributed by atoms with Gasteiger partial charge in [-0.25, -0.2) is 0 Å². The maximum atomic E-state index is 13.3. The summed E-state index contributed by atoms with van der Waals surface area (Å²) in [5.74, 6) is 0.0229. The lowest BCUT2D eigenvalue weighted by molar-refractivity contribution is -0.114. The monoisotopic (exact) mass is 635 g/mol. The fraction of sp³-hybridized carbons (Fsp3) is 0.0938. The van der Waals surface area contributed by atoms with Gasteiger partial charge in [-0.3, -0.25) is 14.4 Å². The summed E-state index contributed by atoms with van der Waals surface area (Å²) in [6, 6.07) is 25.6. The summed E-state index contributed by atoms with van der Waals surface area (Å²) < 4.78 is 10.5. The van der Waals surface area contributed by atoms with Gasteiger partial charge in [0, 0.05) is 22.2 Å². The van der Waals surface area contributed by atoms with E-state index in [1.807, 2.05) is 0 Å². The second-order valence-electron chi connectivity index (χ2n) is 8.90. The smallest absolute Gasteiger partial charge is 0.272 e. The maximum Gasteiger partial charge on any atom is 0.272 e. The molecule has 0 bridgehead atoms. The first kappa shape index (κ1) is 31.5. The molecule has 0 heterocycles. The van der Waals surface area contributed by atoms with E-state index < -0.39 is 11.8 Å². The van der Waals surface area contributed by atoms with E-state index in [0.29, 0.717) is 39.0 Å². The highest BCUT2D eigenvalue weighted by Crippen LogP contribution is 2.30. The van der Waals surface area contributed by atoms with Crippen LogP contribution in [-0.4, -0.2) is 37.7 Å². The molecular formula is C32H27Cl2N3O5S. The number of benzene rings is 4. The molecule has 0 radical (unpaired) electrons. The van der Waals surface area contributed by atoms with Gasteiger partial charge in [-0.2, -0.15) is 0 Å². The van der Waals surface area contributed by atoms with Gasteiger partial charge in [0.25, 0.3) is 11.8 Å². The average molecular weight is 637 g/mol. The number of carbonyl (C=O) groups is 3. The number of carbonyl (C=O) groups excluding carboxylic acids is 3. The highest BCUT2D eigenvalue weighted by atomic mass is 35.5. The van der Waals surface area contributed by atoms with Crippen molar-refractivity contribution in [3.8, 4) is 11.5 Å². The molecule has 4 aromatic carbocycles. The molecule has 0 fully saturated rings. The van der Waals surface area contributed by atoms with Crippen LogP contribution in [0.1, 0.15) is 15.9 Å². The number of hydrogen-bond acceptors (Lipinski definition) is 6. The van der Waals surface area contributed by atoms with Gasteiger partial charge in [-0.15, -0.1) is 11.8 Å². The summed E-state index contributed by atoms with van der Waals surface area (Å²) in [6.45, 7) is 0. The Labute approximate surface area is 263 Å². The number of ether oxygens (including phenoxy) is 2. The molecule has 0 aromatic heterocycles. The Morgan fingerprint density at radius 3 is 2.28 bits per heavy atom. The minimum absolute atomic E-state index is 0.0258. The van der Waals surface area contributed by atoms with E-state index >= 15 is 0 Å². The van der Waals surface area contributed by atoms with Crippen molar-refractivity contribution < 1.29 is 23.9 Å². The van der Waals surface area contributed by atoms with E-state index in [1.165, 1.54) is 24.9 Å². The zero-order chi connectivity index (χ0) is 30.8. The highest BCUT2D eigenvalue weighted by molar-refractivity contribution is 8.00. The first-order valence-corrected chi connectivity index (χ1v) is 14.6. The van der Waals surface area contributed by atoms with Crippen LogP contribution < -0.4 is 25.4 Å². The standard InChI is InChI=1S/C32H27Cl2N3O5S/c1-41-23-13-16-26(28(18-23)42-2)36-29(38)19-43-24-14-11-22(12-15-24)35-32(40)27(17-21-9-6-10-25(33)30(21)34)37-31(39)20-7-4-3-5-8-20/h3-18H,19H2,1-2H3,(H,35,40)(H,36,38)(H,37,39)/b27-17-. The van der Waals surface area contributed by atoms with Crippen molar-refractivity contribution in [2.24, 2.45) is 0 Å². The predicted molar refractivity (Wildman–Crippen MR) is 172 cm³/mol. The molecule has 0 aliphatic heterocycles. The minimum Gasteiger partial charge on any atom is -0.497 e.